The number of amides is 1. The molecule has 1 amide bonds. The molecule has 1 fully saturated rings. The maximum absolute atomic E-state index is 11.9. The van der Waals surface area contributed by atoms with Crippen LogP contribution in [0, 0.1) is 11.5 Å². The third kappa shape index (κ3) is 6.05. The van der Waals surface area contributed by atoms with E-state index < -0.39 is 19.8 Å². The fourth-order valence-corrected chi connectivity index (χ4v) is 3.25. The van der Waals surface area contributed by atoms with Crippen molar-refractivity contribution in [1.29, 1.82) is 0 Å². The van der Waals surface area contributed by atoms with Gasteiger partial charge in [0.2, 0.25) is 0 Å². The minimum absolute atomic E-state index is 0.182. The van der Waals surface area contributed by atoms with Crippen molar-refractivity contribution in [2.45, 2.75) is 64.3 Å². The van der Waals surface area contributed by atoms with Gasteiger partial charge in [-0.15, -0.1) is 5.54 Å². The van der Waals surface area contributed by atoms with Gasteiger partial charge in [-0.3, -0.25) is 4.98 Å². The average molecular weight is 379 g/mol. The minimum atomic E-state index is -1.43. The average Bonchev–Trinajstić information content (AvgIpc) is 3.21. The Morgan fingerprint density at radius 1 is 1.40 bits per heavy atom. The Hall–Kier alpha value is -1.51. The molecule has 0 radical (unpaired) electrons. The molecular formula is C19H27ClN2O2Si. The van der Waals surface area contributed by atoms with Gasteiger partial charge in [0.15, 0.2) is 0 Å². The van der Waals surface area contributed by atoms with Crippen LogP contribution >= 0.6 is 11.6 Å². The number of halogens is 1. The molecule has 1 aliphatic carbocycles. The molecule has 136 valence electrons. The summed E-state index contributed by atoms with van der Waals surface area (Å²) < 4.78 is 5.29. The van der Waals surface area contributed by atoms with Crippen molar-refractivity contribution >= 4 is 25.8 Å². The lowest BCUT2D eigenvalue weighted by Gasteiger charge is -2.22. The molecular weight excluding hydrogens is 352 g/mol. The quantitative estimate of drug-likeness (QED) is 0.621. The van der Waals surface area contributed by atoms with Crippen LogP contribution < -0.4 is 5.32 Å². The van der Waals surface area contributed by atoms with Crippen molar-refractivity contribution in [3.05, 3.63) is 28.5 Å². The molecule has 6 heteroatoms. The normalized spacial score (nSPS) is 15.8. The third-order valence-corrected chi connectivity index (χ3v) is 4.91. The van der Waals surface area contributed by atoms with E-state index in [-0.39, 0.29) is 5.41 Å². The molecule has 1 N–H and O–H groups in total. The standard InChI is InChI=1S/C19H27ClN2O2Si/c1-18(2,3)24-17(23)22-13-19(8-9-19)16-15(20)11-14(12-21-16)7-10-25(4,5)6/h11-12H,8-9,13H2,1-6H3,(H,22,23). The summed E-state index contributed by atoms with van der Waals surface area (Å²) in [5.74, 6) is 3.18. The number of nitrogens with one attached hydrogen (secondary N) is 1. The number of alkyl carbamates (subject to hydrolysis) is 1. The summed E-state index contributed by atoms with van der Waals surface area (Å²) in [6.45, 7) is 12.6. The van der Waals surface area contributed by atoms with E-state index in [1.165, 1.54) is 0 Å². The number of carbonyl (C=O) groups excluding carboxylic acids is 1. The monoisotopic (exact) mass is 378 g/mol. The van der Waals surface area contributed by atoms with Crippen molar-refractivity contribution in [3.8, 4) is 11.5 Å². The van der Waals surface area contributed by atoms with Crippen molar-refractivity contribution in [2.24, 2.45) is 0 Å². The number of nitrogens with zero attached hydrogens (tertiary/aromatic N) is 1. The van der Waals surface area contributed by atoms with Gasteiger partial charge < -0.3 is 10.1 Å². The second-order valence-electron chi connectivity index (χ2n) is 8.69. The Kier molecular flexibility index (Phi) is 5.55. The summed E-state index contributed by atoms with van der Waals surface area (Å²) in [4.78, 5) is 16.4. The molecule has 0 aliphatic heterocycles. The van der Waals surface area contributed by atoms with E-state index in [1.54, 1.807) is 6.20 Å². The molecule has 25 heavy (non-hydrogen) atoms. The molecule has 1 heterocycles. The lowest BCUT2D eigenvalue weighted by Crippen LogP contribution is -2.37. The van der Waals surface area contributed by atoms with E-state index >= 15 is 0 Å². The zero-order valence-corrected chi connectivity index (χ0v) is 17.7. The van der Waals surface area contributed by atoms with E-state index in [1.807, 2.05) is 26.8 Å². The number of rotatable bonds is 3. The molecule has 0 saturated heterocycles. The van der Waals surface area contributed by atoms with Gasteiger partial charge >= 0.3 is 6.09 Å². The second-order valence-corrected chi connectivity index (χ2v) is 13.8. The molecule has 1 aliphatic rings. The summed E-state index contributed by atoms with van der Waals surface area (Å²) in [5.41, 5.74) is 4.31. The van der Waals surface area contributed by atoms with Crippen LogP contribution in [0.15, 0.2) is 12.3 Å². The van der Waals surface area contributed by atoms with Gasteiger partial charge in [0, 0.05) is 23.7 Å². The van der Waals surface area contributed by atoms with Crippen LogP contribution in [0.2, 0.25) is 24.7 Å². The predicted octanol–water partition coefficient (Wildman–Crippen LogP) is 4.52. The Labute approximate surface area is 156 Å². The highest BCUT2D eigenvalue weighted by Gasteiger charge is 2.47. The lowest BCUT2D eigenvalue weighted by molar-refractivity contribution is 0.0522. The Bertz CT molecular complexity index is 720. The number of hydrogen-bond acceptors (Lipinski definition) is 3. The van der Waals surface area contributed by atoms with Crippen LogP contribution in [0.1, 0.15) is 44.9 Å². The van der Waals surface area contributed by atoms with Crippen molar-refractivity contribution in [1.82, 2.24) is 10.3 Å². The predicted molar refractivity (Wildman–Crippen MR) is 105 cm³/mol. The fraction of sp³-hybridized carbons (Fsp3) is 0.579. The zero-order valence-electron chi connectivity index (χ0n) is 15.9. The maximum atomic E-state index is 11.9. The van der Waals surface area contributed by atoms with Gasteiger partial charge in [0.1, 0.15) is 13.7 Å². The first-order chi connectivity index (χ1) is 11.4. The van der Waals surface area contributed by atoms with Crippen LogP contribution in [0.5, 0.6) is 0 Å². The van der Waals surface area contributed by atoms with E-state index in [4.69, 9.17) is 16.3 Å². The molecule has 0 unspecified atom stereocenters. The highest BCUT2D eigenvalue weighted by molar-refractivity contribution is 6.83. The Balaban J connectivity index is 2.08. The van der Waals surface area contributed by atoms with Gasteiger partial charge in [-0.2, -0.15) is 0 Å². The highest BCUT2D eigenvalue weighted by Crippen LogP contribution is 2.49. The largest absolute Gasteiger partial charge is 0.444 e. The number of carbonyl (C=O) groups is 1. The van der Waals surface area contributed by atoms with Crippen LogP contribution in [-0.2, 0) is 10.2 Å². The molecule has 1 aromatic heterocycles. The second kappa shape index (κ2) is 7.01. The minimum Gasteiger partial charge on any atom is -0.444 e. The van der Waals surface area contributed by atoms with E-state index in [0.717, 1.165) is 24.1 Å². The van der Waals surface area contributed by atoms with Gasteiger partial charge in [-0.25, -0.2) is 4.79 Å². The molecule has 0 aromatic carbocycles. The zero-order chi connectivity index (χ0) is 18.9. The first-order valence-corrected chi connectivity index (χ1v) is 12.4. The first kappa shape index (κ1) is 19.8. The van der Waals surface area contributed by atoms with Gasteiger partial charge in [-0.1, -0.05) is 37.2 Å². The van der Waals surface area contributed by atoms with Gasteiger partial charge in [0.25, 0.3) is 0 Å². The van der Waals surface area contributed by atoms with Crippen molar-refractivity contribution < 1.29 is 9.53 Å². The smallest absolute Gasteiger partial charge is 0.407 e. The van der Waals surface area contributed by atoms with E-state index in [2.05, 4.69) is 41.4 Å². The summed E-state index contributed by atoms with van der Waals surface area (Å²) in [5, 5.41) is 3.46. The lowest BCUT2D eigenvalue weighted by atomic mass is 10.0. The molecule has 0 atom stereocenters. The Morgan fingerprint density at radius 2 is 2.04 bits per heavy atom. The summed E-state index contributed by atoms with van der Waals surface area (Å²) >= 11 is 6.46. The Morgan fingerprint density at radius 3 is 2.52 bits per heavy atom. The maximum Gasteiger partial charge on any atom is 0.407 e. The highest BCUT2D eigenvalue weighted by atomic mass is 35.5. The van der Waals surface area contributed by atoms with E-state index in [0.29, 0.717) is 11.6 Å². The van der Waals surface area contributed by atoms with Crippen LogP contribution in [0.3, 0.4) is 0 Å². The molecule has 1 saturated carbocycles. The van der Waals surface area contributed by atoms with Crippen LogP contribution in [0.25, 0.3) is 0 Å². The number of pyridine rings is 1. The molecule has 4 nitrogen and oxygen atoms in total. The van der Waals surface area contributed by atoms with E-state index in [9.17, 15) is 4.79 Å². The van der Waals surface area contributed by atoms with Crippen LogP contribution in [-0.4, -0.2) is 31.3 Å². The fourth-order valence-electron chi connectivity index (χ4n) is 2.36. The number of hydrogen-bond donors (Lipinski definition) is 1. The number of aromatic nitrogens is 1. The topological polar surface area (TPSA) is 51.2 Å². The first-order valence-electron chi connectivity index (χ1n) is 8.56. The van der Waals surface area contributed by atoms with Crippen molar-refractivity contribution in [2.75, 3.05) is 6.54 Å². The summed E-state index contributed by atoms with van der Waals surface area (Å²) in [6, 6.07) is 1.88. The van der Waals surface area contributed by atoms with Gasteiger partial charge in [-0.05, 0) is 39.7 Å². The third-order valence-electron chi connectivity index (χ3n) is 3.75. The van der Waals surface area contributed by atoms with Crippen LogP contribution in [0.4, 0.5) is 4.79 Å². The molecule has 2 rings (SSSR count). The SMILES string of the molecule is CC(C)(C)OC(=O)NCC1(c2ncc(C#C[Si](C)(C)C)cc2Cl)CC1. The number of ether oxygens (including phenoxy) is 1. The molecule has 0 bridgehead atoms. The van der Waals surface area contributed by atoms with Gasteiger partial charge in [0.05, 0.1) is 10.7 Å². The molecule has 1 aromatic rings. The molecule has 0 spiro atoms. The van der Waals surface area contributed by atoms with Crippen molar-refractivity contribution in [3.63, 3.8) is 0 Å². The summed E-state index contributed by atoms with van der Waals surface area (Å²) in [7, 11) is -1.43. The summed E-state index contributed by atoms with van der Waals surface area (Å²) in [6.07, 6.45) is 3.28.